The van der Waals surface area contributed by atoms with E-state index in [-0.39, 0.29) is 62.0 Å². The number of amides is 7. The highest BCUT2D eigenvalue weighted by Crippen LogP contribution is 2.41. The van der Waals surface area contributed by atoms with E-state index in [0.717, 1.165) is 58.6 Å². The quantitative estimate of drug-likeness (QED) is 0.139. The Labute approximate surface area is 384 Å². The summed E-state index contributed by atoms with van der Waals surface area (Å²) in [4.78, 5) is 113. The van der Waals surface area contributed by atoms with E-state index >= 15 is 4.79 Å². The lowest BCUT2D eigenvalue weighted by Gasteiger charge is -2.38. The molecule has 3 saturated heterocycles. The lowest BCUT2D eigenvalue weighted by molar-refractivity contribution is -0.150. The molecule has 16 heteroatoms. The first-order valence-corrected chi connectivity index (χ1v) is 24.1. The van der Waals surface area contributed by atoms with Crippen molar-refractivity contribution in [2.45, 2.75) is 158 Å². The zero-order valence-corrected chi connectivity index (χ0v) is 38.0. The average Bonchev–Trinajstić information content (AvgIpc) is 4.17. The molecule has 7 amide bonds. The van der Waals surface area contributed by atoms with E-state index in [4.69, 9.17) is 0 Å². The van der Waals surface area contributed by atoms with Crippen LogP contribution in [0.15, 0.2) is 60.9 Å². The topological polar surface area (TPSA) is 218 Å². The molecule has 2 saturated carbocycles. The van der Waals surface area contributed by atoms with Gasteiger partial charge >= 0.3 is 0 Å². The number of benzene rings is 2. The van der Waals surface area contributed by atoms with Crippen molar-refractivity contribution < 1.29 is 33.6 Å². The van der Waals surface area contributed by atoms with Crippen LogP contribution in [0, 0.1) is 5.92 Å². The Bertz CT molecular complexity index is 2510. The van der Waals surface area contributed by atoms with Gasteiger partial charge in [0.15, 0.2) is 0 Å². The minimum Gasteiger partial charge on any atom is -0.361 e. The van der Waals surface area contributed by atoms with Crippen LogP contribution in [0.25, 0.3) is 21.8 Å². The third-order valence-electron chi connectivity index (χ3n) is 14.9. The van der Waals surface area contributed by atoms with Gasteiger partial charge in [0.1, 0.15) is 35.7 Å². The molecule has 350 valence electrons. The standard InChI is InChI=1S/C50H63N9O7/c1-29(2)53-43(60)20-19-37-47(64)58-23-11-18-41(58)48(65)59-40-17-8-3-12-30(40)26-42(59)46(63)55-39(25-32-28-52-36-16-7-5-14-34(32)36)45(62)57-50(21-9-10-22-50)49(66)56-38(44(61)54-37)24-31-27-51-35-15-6-4-13-33(31)35/h4-7,13-16,27-30,37-42,51-52H,3,8-12,17-26H2,1-2H3,(H,53,60)(H,54,61)(H,55,63)(H,56,66)(H,57,62)/t30-,37+,38+,39+,40-,41-,42-/m1/s1. The summed E-state index contributed by atoms with van der Waals surface area (Å²) in [6.45, 7) is 3.93. The molecule has 2 aromatic heterocycles. The summed E-state index contributed by atoms with van der Waals surface area (Å²) in [5, 5.41) is 16.8. The maximum Gasteiger partial charge on any atom is 0.246 e. The molecular weight excluding hydrogens is 839 g/mol. The monoisotopic (exact) mass is 901 g/mol. The summed E-state index contributed by atoms with van der Waals surface area (Å²) in [6.07, 6.45) is 10.3. The van der Waals surface area contributed by atoms with Gasteiger partial charge in [0.2, 0.25) is 41.4 Å². The highest BCUT2D eigenvalue weighted by molar-refractivity contribution is 6.01. The Morgan fingerprint density at radius 2 is 1.32 bits per heavy atom. The highest BCUT2D eigenvalue weighted by atomic mass is 16.2. The first-order chi connectivity index (χ1) is 31.9. The Balaban J connectivity index is 1.12. The van der Waals surface area contributed by atoms with E-state index in [0.29, 0.717) is 44.9 Å². The third-order valence-corrected chi connectivity index (χ3v) is 14.9. The first kappa shape index (κ1) is 45.0. The van der Waals surface area contributed by atoms with Crippen molar-refractivity contribution in [2.75, 3.05) is 6.54 Å². The zero-order chi connectivity index (χ0) is 46.1. The molecule has 2 aromatic carbocycles. The van der Waals surface area contributed by atoms with Gasteiger partial charge in [-0.3, -0.25) is 33.6 Å². The Morgan fingerprint density at radius 3 is 1.98 bits per heavy atom. The largest absolute Gasteiger partial charge is 0.361 e. The molecule has 5 fully saturated rings. The van der Waals surface area contributed by atoms with E-state index in [1.165, 1.54) is 4.90 Å². The summed E-state index contributed by atoms with van der Waals surface area (Å²) in [6, 6.07) is 9.66. The van der Waals surface area contributed by atoms with Gasteiger partial charge in [-0.1, -0.05) is 62.1 Å². The van der Waals surface area contributed by atoms with Gasteiger partial charge in [0.05, 0.1) is 0 Å². The van der Waals surface area contributed by atoms with Crippen LogP contribution in [-0.4, -0.2) is 115 Å². The Hall–Kier alpha value is -6.19. The summed E-state index contributed by atoms with van der Waals surface area (Å²) < 4.78 is 0. The van der Waals surface area contributed by atoms with Crippen molar-refractivity contribution >= 4 is 63.2 Å². The van der Waals surface area contributed by atoms with Crippen molar-refractivity contribution in [3.63, 3.8) is 0 Å². The lowest BCUT2D eigenvalue weighted by atomic mass is 9.84. The lowest BCUT2D eigenvalue weighted by Crippen LogP contribution is -2.65. The third kappa shape index (κ3) is 9.02. The van der Waals surface area contributed by atoms with Crippen molar-refractivity contribution in [1.29, 1.82) is 0 Å². The maximum atomic E-state index is 15.2. The van der Waals surface area contributed by atoms with Crippen molar-refractivity contribution in [1.82, 2.24) is 46.4 Å². The fourth-order valence-electron chi connectivity index (χ4n) is 11.6. The minimum atomic E-state index is -1.41. The molecule has 4 aromatic rings. The fourth-order valence-corrected chi connectivity index (χ4v) is 11.6. The number of carbonyl (C=O) groups excluding carboxylic acids is 7. The molecule has 2 aliphatic carbocycles. The van der Waals surface area contributed by atoms with Crippen LogP contribution < -0.4 is 26.6 Å². The number of aromatic amines is 2. The second-order valence-electron chi connectivity index (χ2n) is 19.6. The number of para-hydroxylation sites is 2. The molecular formula is C50H63N9O7. The van der Waals surface area contributed by atoms with Gasteiger partial charge in [0.25, 0.3) is 0 Å². The van der Waals surface area contributed by atoms with Gasteiger partial charge < -0.3 is 46.4 Å². The summed E-state index contributed by atoms with van der Waals surface area (Å²) in [5.41, 5.74) is 1.86. The molecule has 7 N–H and O–H groups in total. The number of hydrogen-bond acceptors (Lipinski definition) is 7. The Kier molecular flexibility index (Phi) is 12.9. The van der Waals surface area contributed by atoms with E-state index in [9.17, 15) is 28.8 Å². The number of aromatic nitrogens is 2. The molecule has 0 bridgehead atoms. The van der Waals surface area contributed by atoms with Gasteiger partial charge in [-0.05, 0) is 94.4 Å². The van der Waals surface area contributed by atoms with Crippen LogP contribution in [0.4, 0.5) is 0 Å². The van der Waals surface area contributed by atoms with E-state index < -0.39 is 65.3 Å². The van der Waals surface area contributed by atoms with E-state index in [1.54, 1.807) is 11.1 Å². The van der Waals surface area contributed by atoms with Crippen molar-refractivity contribution in [3.05, 3.63) is 72.1 Å². The van der Waals surface area contributed by atoms with Crippen LogP contribution in [0.1, 0.15) is 108 Å². The average molecular weight is 902 g/mol. The van der Waals surface area contributed by atoms with Gasteiger partial charge in [-0.25, -0.2) is 0 Å². The maximum absolute atomic E-state index is 15.2. The smallest absolute Gasteiger partial charge is 0.246 e. The Morgan fingerprint density at radius 1 is 0.697 bits per heavy atom. The van der Waals surface area contributed by atoms with Gasteiger partial charge in [-0.2, -0.15) is 0 Å². The molecule has 16 nitrogen and oxygen atoms in total. The molecule has 5 aliphatic rings. The number of carbonyl (C=O) groups is 7. The van der Waals surface area contributed by atoms with Gasteiger partial charge in [0, 0.05) is 72.1 Å². The summed E-state index contributed by atoms with van der Waals surface area (Å²) >= 11 is 0. The number of fused-ring (bicyclic) bond motifs is 6. The number of hydrogen-bond donors (Lipinski definition) is 7. The predicted octanol–water partition coefficient (Wildman–Crippen LogP) is 3.79. The van der Waals surface area contributed by atoms with Crippen LogP contribution in [0.5, 0.6) is 0 Å². The molecule has 7 atom stereocenters. The first-order valence-electron chi connectivity index (χ1n) is 24.1. The molecule has 66 heavy (non-hydrogen) atoms. The molecule has 5 heterocycles. The number of nitrogens with zero attached hydrogens (tertiary/aromatic N) is 2. The van der Waals surface area contributed by atoms with Crippen molar-refractivity contribution in [2.24, 2.45) is 5.92 Å². The summed E-state index contributed by atoms with van der Waals surface area (Å²) in [5.74, 6) is -3.18. The highest BCUT2D eigenvalue weighted by Gasteiger charge is 2.52. The molecule has 3 aliphatic heterocycles. The van der Waals surface area contributed by atoms with E-state index in [2.05, 4.69) is 36.6 Å². The SMILES string of the molecule is CC(C)NC(=O)CC[C@@H]1NC(=O)[C@H](Cc2c[nH]c3ccccc23)NC(=O)C2(CCCC2)NC(=O)[C@H](Cc2c[nH]c3ccccc23)NC(=O)[C@H]2C[C@H]3CCCC[C@H]3N2C(=O)[C@H]2CCCN2C1=O. The van der Waals surface area contributed by atoms with Crippen LogP contribution in [0.3, 0.4) is 0 Å². The van der Waals surface area contributed by atoms with Crippen LogP contribution in [-0.2, 0) is 46.4 Å². The zero-order valence-electron chi connectivity index (χ0n) is 38.0. The van der Waals surface area contributed by atoms with Crippen molar-refractivity contribution in [3.8, 4) is 0 Å². The normalized spacial score (nSPS) is 27.5. The molecule has 0 radical (unpaired) electrons. The second-order valence-corrected chi connectivity index (χ2v) is 19.6. The number of H-pyrrole nitrogens is 2. The van der Waals surface area contributed by atoms with Crippen LogP contribution in [0.2, 0.25) is 0 Å². The fraction of sp³-hybridized carbons (Fsp3) is 0.540. The summed E-state index contributed by atoms with van der Waals surface area (Å²) in [7, 11) is 0. The number of nitrogens with one attached hydrogen (secondary N) is 7. The minimum absolute atomic E-state index is 0.0450. The molecule has 9 rings (SSSR count). The molecule has 1 spiro atoms. The molecule has 0 unspecified atom stereocenters. The van der Waals surface area contributed by atoms with Gasteiger partial charge in [-0.15, -0.1) is 0 Å². The van der Waals surface area contributed by atoms with Crippen LogP contribution >= 0.6 is 0 Å². The second kappa shape index (κ2) is 19.0. The van der Waals surface area contributed by atoms with E-state index in [1.807, 2.05) is 68.6 Å². The number of rotatable bonds is 8. The predicted molar refractivity (Wildman–Crippen MR) is 247 cm³/mol.